The highest BCUT2D eigenvalue weighted by Gasteiger charge is 2.12. The maximum Gasteiger partial charge on any atom is 0.262 e. The van der Waals surface area contributed by atoms with Crippen LogP contribution in [0, 0.1) is 5.82 Å². The smallest absolute Gasteiger partial charge is 0.262 e. The van der Waals surface area contributed by atoms with Gasteiger partial charge in [0.15, 0.2) is 6.61 Å². The molecular weight excluding hydrogens is 340 g/mol. The number of nitrogens with one attached hydrogen (secondary N) is 1. The van der Waals surface area contributed by atoms with Gasteiger partial charge in [0.05, 0.1) is 15.7 Å². The Kier molecular flexibility index (Phi) is 5.28. The van der Waals surface area contributed by atoms with Crippen LogP contribution in [0.1, 0.15) is 0 Å². The van der Waals surface area contributed by atoms with Crippen molar-refractivity contribution in [2.75, 3.05) is 11.9 Å². The Hall–Kier alpha value is -1.49. The third kappa shape index (κ3) is 4.49. The Morgan fingerprint density at radius 2 is 1.81 bits per heavy atom. The van der Waals surface area contributed by atoms with E-state index in [0.717, 1.165) is 0 Å². The minimum Gasteiger partial charge on any atom is -0.484 e. The molecule has 1 N–H and O–H groups in total. The molecule has 0 bridgehead atoms. The SMILES string of the molecule is O=C(COc1cccc(F)c1)Nc1c(Cl)cc(Cl)cc1Cl. The van der Waals surface area contributed by atoms with Crippen molar-refractivity contribution >= 4 is 46.4 Å². The van der Waals surface area contributed by atoms with Gasteiger partial charge in [0.2, 0.25) is 0 Å². The molecule has 21 heavy (non-hydrogen) atoms. The number of rotatable bonds is 4. The van der Waals surface area contributed by atoms with E-state index in [0.29, 0.717) is 5.02 Å². The molecule has 2 aromatic carbocycles. The predicted octanol–water partition coefficient (Wildman–Crippen LogP) is 4.80. The fourth-order valence-corrected chi connectivity index (χ4v) is 2.45. The van der Waals surface area contributed by atoms with Crippen LogP contribution >= 0.6 is 34.8 Å². The molecule has 0 saturated carbocycles. The minimum absolute atomic E-state index is 0.214. The molecule has 0 saturated heterocycles. The summed E-state index contributed by atoms with van der Waals surface area (Å²) >= 11 is 17.7. The minimum atomic E-state index is -0.481. The third-order valence-corrected chi connectivity index (χ3v) is 3.25. The Bertz CT molecular complexity index is 656. The van der Waals surface area contributed by atoms with Gasteiger partial charge in [-0.15, -0.1) is 0 Å². The third-order valence-electron chi connectivity index (χ3n) is 2.44. The standard InChI is InChI=1S/C14H9Cl3FNO2/c15-8-4-11(16)14(12(17)5-8)19-13(20)7-21-10-3-1-2-9(18)6-10/h1-6H,7H2,(H,19,20). The summed E-state index contributed by atoms with van der Waals surface area (Å²) in [5.74, 6) is -0.680. The van der Waals surface area contributed by atoms with E-state index in [9.17, 15) is 9.18 Å². The number of carbonyl (C=O) groups is 1. The Morgan fingerprint density at radius 1 is 1.14 bits per heavy atom. The molecule has 3 nitrogen and oxygen atoms in total. The van der Waals surface area contributed by atoms with Crippen LogP contribution in [0.15, 0.2) is 36.4 Å². The lowest BCUT2D eigenvalue weighted by molar-refractivity contribution is -0.118. The van der Waals surface area contributed by atoms with Crippen LogP contribution < -0.4 is 10.1 Å². The van der Waals surface area contributed by atoms with Gasteiger partial charge in [0.25, 0.3) is 5.91 Å². The first kappa shape index (κ1) is 15.9. The van der Waals surface area contributed by atoms with E-state index in [1.54, 1.807) is 6.07 Å². The van der Waals surface area contributed by atoms with Crippen molar-refractivity contribution in [3.05, 3.63) is 57.3 Å². The molecule has 2 rings (SSSR count). The second-order valence-corrected chi connectivity index (χ2v) is 5.29. The zero-order chi connectivity index (χ0) is 15.4. The number of anilines is 1. The summed E-state index contributed by atoms with van der Waals surface area (Å²) in [6.07, 6.45) is 0. The molecule has 0 unspecified atom stereocenters. The van der Waals surface area contributed by atoms with E-state index in [1.807, 2.05) is 0 Å². The van der Waals surface area contributed by atoms with Crippen LogP contribution in [0.25, 0.3) is 0 Å². The highest BCUT2D eigenvalue weighted by atomic mass is 35.5. The summed E-state index contributed by atoms with van der Waals surface area (Å²) in [5, 5.41) is 3.30. The summed E-state index contributed by atoms with van der Waals surface area (Å²) < 4.78 is 18.1. The van der Waals surface area contributed by atoms with Crippen molar-refractivity contribution in [2.24, 2.45) is 0 Å². The summed E-state index contributed by atoms with van der Waals surface area (Å²) in [7, 11) is 0. The Labute approximate surface area is 135 Å². The first-order valence-corrected chi connectivity index (χ1v) is 6.92. The molecule has 0 atom stereocenters. The topological polar surface area (TPSA) is 38.3 Å². The zero-order valence-electron chi connectivity index (χ0n) is 10.5. The van der Waals surface area contributed by atoms with Gasteiger partial charge in [0.1, 0.15) is 11.6 Å². The van der Waals surface area contributed by atoms with Gasteiger partial charge < -0.3 is 10.1 Å². The second-order valence-electron chi connectivity index (χ2n) is 4.04. The Balaban J connectivity index is 1.99. The highest BCUT2D eigenvalue weighted by molar-refractivity contribution is 6.42. The van der Waals surface area contributed by atoms with Crippen molar-refractivity contribution in [1.29, 1.82) is 0 Å². The van der Waals surface area contributed by atoms with Gasteiger partial charge in [-0.2, -0.15) is 0 Å². The average Bonchev–Trinajstić information content (AvgIpc) is 2.40. The number of hydrogen-bond acceptors (Lipinski definition) is 2. The van der Waals surface area contributed by atoms with Gasteiger partial charge in [0, 0.05) is 11.1 Å². The molecule has 0 aliphatic heterocycles. The molecule has 0 aliphatic carbocycles. The normalized spacial score (nSPS) is 10.3. The number of ether oxygens (including phenoxy) is 1. The maximum atomic E-state index is 13.0. The summed E-state index contributed by atoms with van der Waals surface area (Å²) in [6.45, 7) is -0.307. The molecule has 0 aromatic heterocycles. The van der Waals surface area contributed by atoms with Crippen molar-refractivity contribution in [3.63, 3.8) is 0 Å². The Morgan fingerprint density at radius 3 is 2.43 bits per heavy atom. The highest BCUT2D eigenvalue weighted by Crippen LogP contribution is 2.33. The largest absolute Gasteiger partial charge is 0.484 e. The lowest BCUT2D eigenvalue weighted by Gasteiger charge is -2.10. The van der Waals surface area contributed by atoms with Crippen LogP contribution in [-0.4, -0.2) is 12.5 Å². The molecule has 0 heterocycles. The maximum absolute atomic E-state index is 13.0. The number of benzene rings is 2. The molecule has 0 fully saturated rings. The van der Waals surface area contributed by atoms with E-state index in [4.69, 9.17) is 39.5 Å². The van der Waals surface area contributed by atoms with Crippen LogP contribution in [0.3, 0.4) is 0 Å². The summed E-state index contributed by atoms with van der Waals surface area (Å²) in [5.41, 5.74) is 0.246. The van der Waals surface area contributed by atoms with Crippen LogP contribution in [0.4, 0.5) is 10.1 Å². The second kappa shape index (κ2) is 6.98. The first-order valence-electron chi connectivity index (χ1n) is 5.78. The van der Waals surface area contributed by atoms with E-state index < -0.39 is 11.7 Å². The van der Waals surface area contributed by atoms with Gasteiger partial charge >= 0.3 is 0 Å². The van der Waals surface area contributed by atoms with Gasteiger partial charge in [-0.1, -0.05) is 40.9 Å². The fraction of sp³-hybridized carbons (Fsp3) is 0.0714. The number of amides is 1. The molecule has 2 aromatic rings. The monoisotopic (exact) mass is 347 g/mol. The fourth-order valence-electron chi connectivity index (χ4n) is 1.54. The quantitative estimate of drug-likeness (QED) is 0.861. The molecule has 0 radical (unpaired) electrons. The first-order chi connectivity index (χ1) is 9.95. The molecule has 0 spiro atoms. The van der Waals surface area contributed by atoms with E-state index >= 15 is 0 Å². The van der Waals surface area contributed by atoms with E-state index in [1.165, 1.54) is 30.3 Å². The zero-order valence-corrected chi connectivity index (χ0v) is 12.8. The van der Waals surface area contributed by atoms with Crippen molar-refractivity contribution in [3.8, 4) is 5.75 Å². The van der Waals surface area contributed by atoms with Crippen molar-refractivity contribution in [2.45, 2.75) is 0 Å². The van der Waals surface area contributed by atoms with Crippen molar-refractivity contribution in [1.82, 2.24) is 0 Å². The van der Waals surface area contributed by atoms with Crippen LogP contribution in [-0.2, 0) is 4.79 Å². The average molecular weight is 349 g/mol. The number of carbonyl (C=O) groups excluding carboxylic acids is 1. The van der Waals surface area contributed by atoms with E-state index in [-0.39, 0.29) is 28.1 Å². The summed E-state index contributed by atoms with van der Waals surface area (Å²) in [6, 6.07) is 8.39. The lowest BCUT2D eigenvalue weighted by atomic mass is 10.3. The number of hydrogen-bond donors (Lipinski definition) is 1. The van der Waals surface area contributed by atoms with Crippen molar-refractivity contribution < 1.29 is 13.9 Å². The van der Waals surface area contributed by atoms with Crippen LogP contribution in [0.2, 0.25) is 15.1 Å². The molecule has 110 valence electrons. The molecule has 1 amide bonds. The van der Waals surface area contributed by atoms with Gasteiger partial charge in [-0.3, -0.25) is 4.79 Å². The molecule has 0 aliphatic rings. The summed E-state index contributed by atoms with van der Waals surface area (Å²) in [4.78, 5) is 11.8. The van der Waals surface area contributed by atoms with Crippen LogP contribution in [0.5, 0.6) is 5.75 Å². The van der Waals surface area contributed by atoms with Gasteiger partial charge in [-0.05, 0) is 24.3 Å². The number of halogens is 4. The molecular formula is C14H9Cl3FNO2. The predicted molar refractivity (Wildman–Crippen MR) is 82.0 cm³/mol. The van der Waals surface area contributed by atoms with E-state index in [2.05, 4.69) is 5.32 Å². The van der Waals surface area contributed by atoms with Gasteiger partial charge in [-0.25, -0.2) is 4.39 Å². The molecule has 7 heteroatoms. The lowest BCUT2D eigenvalue weighted by Crippen LogP contribution is -2.20.